The maximum atomic E-state index is 15.2. The van der Waals surface area contributed by atoms with Crippen LogP contribution in [0.25, 0.3) is 21.8 Å². The molecule has 0 saturated heterocycles. The first-order chi connectivity index (χ1) is 15.4. The number of nitrogens with zero attached hydrogens (tertiary/aromatic N) is 4. The Morgan fingerprint density at radius 3 is 2.21 bits per heavy atom. The highest BCUT2D eigenvalue weighted by Crippen LogP contribution is 2.39. The highest BCUT2D eigenvalue weighted by atomic mass is 19.3. The predicted octanol–water partition coefficient (Wildman–Crippen LogP) is 5.19. The van der Waals surface area contributed by atoms with E-state index in [1.54, 1.807) is 25.6 Å². The Balaban J connectivity index is 1.82. The normalized spacial score (nSPS) is 13.3. The van der Waals surface area contributed by atoms with Crippen LogP contribution in [-0.2, 0) is 20.0 Å². The van der Waals surface area contributed by atoms with Crippen LogP contribution < -0.4 is 11.0 Å². The van der Waals surface area contributed by atoms with Gasteiger partial charge >= 0.3 is 5.69 Å². The Bertz CT molecular complexity index is 1440. The van der Waals surface area contributed by atoms with Crippen molar-refractivity contribution in [3.63, 3.8) is 0 Å². The van der Waals surface area contributed by atoms with Crippen LogP contribution in [0, 0.1) is 18.7 Å². The largest absolute Gasteiger partial charge is 0.361 e. The molecule has 2 aromatic heterocycles. The van der Waals surface area contributed by atoms with Gasteiger partial charge in [-0.3, -0.25) is 9.13 Å². The number of rotatable bonds is 5. The smallest absolute Gasteiger partial charge is 0.328 e. The molecule has 0 fully saturated rings. The molecule has 0 saturated carbocycles. The van der Waals surface area contributed by atoms with Gasteiger partial charge in [0, 0.05) is 36.3 Å². The molecule has 0 spiro atoms. The summed E-state index contributed by atoms with van der Waals surface area (Å²) in [5, 5.41) is 13.1. The van der Waals surface area contributed by atoms with Gasteiger partial charge in [0.05, 0.1) is 28.3 Å². The minimum Gasteiger partial charge on any atom is -0.361 e. The van der Waals surface area contributed by atoms with E-state index in [0.29, 0.717) is 22.4 Å². The van der Waals surface area contributed by atoms with Crippen LogP contribution in [-0.4, -0.2) is 19.3 Å². The van der Waals surface area contributed by atoms with E-state index >= 15 is 4.39 Å². The summed E-state index contributed by atoms with van der Waals surface area (Å²) in [5.41, 5.74) is 1.46. The van der Waals surface area contributed by atoms with Crippen molar-refractivity contribution >= 4 is 27.6 Å². The van der Waals surface area contributed by atoms with Gasteiger partial charge in [-0.1, -0.05) is 32.0 Å². The summed E-state index contributed by atoms with van der Waals surface area (Å²) in [6.45, 7) is 6.21. The molecule has 33 heavy (non-hydrogen) atoms. The summed E-state index contributed by atoms with van der Waals surface area (Å²) < 4.78 is 47.4. The minimum atomic E-state index is -3.29. The number of anilines is 1. The molecular formula is C24H26F3N5O. The van der Waals surface area contributed by atoms with E-state index in [-0.39, 0.29) is 11.3 Å². The molecule has 0 aliphatic carbocycles. The van der Waals surface area contributed by atoms with Gasteiger partial charge in [0.15, 0.2) is 5.82 Å². The molecule has 4 aromatic rings. The molecule has 1 N–H and O–H groups in total. The average Bonchev–Trinajstić information content (AvgIpc) is 2.98. The van der Waals surface area contributed by atoms with Crippen molar-refractivity contribution in [3.05, 3.63) is 63.5 Å². The third-order valence-corrected chi connectivity index (χ3v) is 6.29. The van der Waals surface area contributed by atoms with Crippen LogP contribution in [0.2, 0.25) is 0 Å². The van der Waals surface area contributed by atoms with Gasteiger partial charge in [0.25, 0.3) is 5.92 Å². The highest BCUT2D eigenvalue weighted by Gasteiger charge is 2.39. The number of alkyl halides is 2. The molecule has 2 aromatic carbocycles. The zero-order chi connectivity index (χ0) is 24.2. The van der Waals surface area contributed by atoms with E-state index in [4.69, 9.17) is 0 Å². The Kier molecular flexibility index (Phi) is 5.46. The fourth-order valence-electron chi connectivity index (χ4n) is 4.12. The van der Waals surface area contributed by atoms with Crippen molar-refractivity contribution in [2.24, 2.45) is 20.0 Å². The fraction of sp³-hybridized carbons (Fsp3) is 0.375. The summed E-state index contributed by atoms with van der Waals surface area (Å²) in [6, 6.07) is 7.08. The molecule has 1 atom stereocenters. The van der Waals surface area contributed by atoms with Crippen molar-refractivity contribution in [3.8, 4) is 0 Å². The first-order valence-electron chi connectivity index (χ1n) is 10.7. The van der Waals surface area contributed by atoms with E-state index in [1.807, 2.05) is 19.1 Å². The molecule has 6 nitrogen and oxygen atoms in total. The van der Waals surface area contributed by atoms with Crippen LogP contribution in [0.15, 0.2) is 35.1 Å². The number of imidazole rings is 1. The maximum absolute atomic E-state index is 15.2. The topological polar surface area (TPSA) is 64.7 Å². The van der Waals surface area contributed by atoms with Gasteiger partial charge in [-0.05, 0) is 26.0 Å². The number of halogens is 3. The molecule has 4 rings (SSSR count). The molecule has 0 radical (unpaired) electrons. The summed E-state index contributed by atoms with van der Waals surface area (Å²) in [5.74, 6) is -4.90. The van der Waals surface area contributed by atoms with Crippen LogP contribution in [0.4, 0.5) is 19.0 Å². The number of aryl methyl sites for hydroxylation is 3. The van der Waals surface area contributed by atoms with E-state index < -0.39 is 29.3 Å². The van der Waals surface area contributed by atoms with Gasteiger partial charge < -0.3 is 5.32 Å². The highest BCUT2D eigenvalue weighted by molar-refractivity contribution is 6.01. The third-order valence-electron chi connectivity index (χ3n) is 6.29. The third kappa shape index (κ3) is 3.55. The van der Waals surface area contributed by atoms with Crippen molar-refractivity contribution in [1.82, 2.24) is 19.3 Å². The lowest BCUT2D eigenvalue weighted by atomic mass is 9.94. The van der Waals surface area contributed by atoms with Crippen molar-refractivity contribution in [1.29, 1.82) is 0 Å². The zero-order valence-corrected chi connectivity index (χ0v) is 19.4. The number of hydrogen-bond acceptors (Lipinski definition) is 4. The SMILES string of the molecule is Cc1nnc(N[C@H](C)c2cccc(C(F)(F)C(C)C)c2F)c2cc3c(cc12)n(C)c(=O)n3C. The Morgan fingerprint density at radius 2 is 1.61 bits per heavy atom. The van der Waals surface area contributed by atoms with Crippen molar-refractivity contribution in [2.75, 3.05) is 5.32 Å². The van der Waals surface area contributed by atoms with E-state index in [9.17, 15) is 13.6 Å². The van der Waals surface area contributed by atoms with E-state index in [0.717, 1.165) is 17.0 Å². The zero-order valence-electron chi connectivity index (χ0n) is 19.4. The molecule has 9 heteroatoms. The van der Waals surface area contributed by atoms with E-state index in [2.05, 4.69) is 15.5 Å². The number of aromatic nitrogens is 4. The Labute approximate surface area is 189 Å². The molecule has 0 aliphatic heterocycles. The number of benzene rings is 2. The lowest BCUT2D eigenvalue weighted by Crippen LogP contribution is -2.24. The predicted molar refractivity (Wildman–Crippen MR) is 123 cm³/mol. The van der Waals surface area contributed by atoms with Gasteiger partial charge in [-0.15, -0.1) is 5.10 Å². The van der Waals surface area contributed by atoms with Crippen LogP contribution in [0.5, 0.6) is 0 Å². The van der Waals surface area contributed by atoms with Crippen LogP contribution >= 0.6 is 0 Å². The summed E-state index contributed by atoms with van der Waals surface area (Å²) in [6.07, 6.45) is 0. The van der Waals surface area contributed by atoms with E-state index in [1.165, 1.54) is 30.5 Å². The molecule has 0 aliphatic rings. The second-order valence-electron chi connectivity index (χ2n) is 8.77. The lowest BCUT2D eigenvalue weighted by Gasteiger charge is -2.24. The second-order valence-corrected chi connectivity index (χ2v) is 8.77. The quantitative estimate of drug-likeness (QED) is 0.448. The maximum Gasteiger partial charge on any atom is 0.328 e. The first-order valence-corrected chi connectivity index (χ1v) is 10.7. The summed E-state index contributed by atoms with van der Waals surface area (Å²) >= 11 is 0. The second kappa shape index (κ2) is 7.90. The monoisotopic (exact) mass is 457 g/mol. The Hall–Kier alpha value is -3.36. The summed E-state index contributed by atoms with van der Waals surface area (Å²) in [7, 11) is 3.38. The van der Waals surface area contributed by atoms with Crippen LogP contribution in [0.3, 0.4) is 0 Å². The molecule has 0 amide bonds. The van der Waals surface area contributed by atoms with Crippen LogP contribution in [0.1, 0.15) is 43.6 Å². The number of hydrogen-bond donors (Lipinski definition) is 1. The summed E-state index contributed by atoms with van der Waals surface area (Å²) in [4.78, 5) is 12.4. The minimum absolute atomic E-state index is 0.108. The fourth-order valence-corrected chi connectivity index (χ4v) is 4.12. The first kappa shape index (κ1) is 22.8. The standard InChI is InChI=1S/C24H26F3N5O/c1-12(2)24(26,27)18-9-7-8-15(21(18)25)13(3)28-22-17-11-20-19(31(5)23(33)32(20)6)10-16(17)14(4)29-30-22/h7-13H,1-6H3,(H,28,30)/t13-/m1/s1. The number of nitrogens with one attached hydrogen (secondary N) is 1. The van der Waals surface area contributed by atoms with Crippen molar-refractivity contribution < 1.29 is 13.2 Å². The van der Waals surface area contributed by atoms with Gasteiger partial charge in [-0.2, -0.15) is 5.10 Å². The molecule has 2 heterocycles. The Morgan fingerprint density at radius 1 is 1.00 bits per heavy atom. The lowest BCUT2D eigenvalue weighted by molar-refractivity contribution is -0.0545. The number of fused-ring (bicyclic) bond motifs is 2. The van der Waals surface area contributed by atoms with Gasteiger partial charge in [-0.25, -0.2) is 18.0 Å². The molecule has 0 bridgehead atoms. The van der Waals surface area contributed by atoms with Gasteiger partial charge in [0.2, 0.25) is 0 Å². The van der Waals surface area contributed by atoms with Crippen molar-refractivity contribution in [2.45, 2.75) is 39.7 Å². The van der Waals surface area contributed by atoms with Gasteiger partial charge in [0.1, 0.15) is 5.82 Å². The average molecular weight is 458 g/mol. The molecule has 174 valence electrons. The molecule has 0 unspecified atom stereocenters. The molecular weight excluding hydrogens is 431 g/mol.